The van der Waals surface area contributed by atoms with Crippen molar-refractivity contribution in [1.82, 2.24) is 4.90 Å². The minimum absolute atomic E-state index is 0.155. The fourth-order valence-electron chi connectivity index (χ4n) is 2.47. The van der Waals surface area contributed by atoms with Gasteiger partial charge in [0.1, 0.15) is 0 Å². The SMILES string of the molecule is CCOCCN(C)C(CN)c1ccc2c(c1)OCCCO2. The van der Waals surface area contributed by atoms with Crippen LogP contribution in [0.2, 0.25) is 0 Å². The quantitative estimate of drug-likeness (QED) is 0.777. The number of hydrogen-bond acceptors (Lipinski definition) is 5. The first-order valence-electron chi connectivity index (χ1n) is 7.63. The first-order valence-corrected chi connectivity index (χ1v) is 7.63. The van der Waals surface area contributed by atoms with Gasteiger partial charge in [0.2, 0.25) is 0 Å². The Kier molecular flexibility index (Phi) is 6.29. The lowest BCUT2D eigenvalue weighted by atomic mass is 10.0. The first kappa shape index (κ1) is 16.1. The Bertz CT molecular complexity index is 440. The van der Waals surface area contributed by atoms with Gasteiger partial charge in [-0.05, 0) is 31.7 Å². The van der Waals surface area contributed by atoms with Crippen LogP contribution in [0, 0.1) is 0 Å². The fraction of sp³-hybridized carbons (Fsp3) is 0.625. The zero-order valence-corrected chi connectivity index (χ0v) is 13.0. The predicted octanol–water partition coefficient (Wildman–Crippen LogP) is 1.82. The van der Waals surface area contributed by atoms with Crippen LogP contribution in [-0.4, -0.2) is 51.5 Å². The lowest BCUT2D eigenvalue weighted by Crippen LogP contribution is -2.33. The second-order valence-electron chi connectivity index (χ2n) is 5.19. The Labute approximate surface area is 127 Å². The molecular weight excluding hydrogens is 268 g/mol. The van der Waals surface area contributed by atoms with Gasteiger partial charge in [-0.2, -0.15) is 0 Å². The van der Waals surface area contributed by atoms with Crippen LogP contribution in [0.3, 0.4) is 0 Å². The van der Waals surface area contributed by atoms with Crippen molar-refractivity contribution in [3.63, 3.8) is 0 Å². The van der Waals surface area contributed by atoms with Crippen LogP contribution < -0.4 is 15.2 Å². The molecule has 5 heteroatoms. The minimum Gasteiger partial charge on any atom is -0.490 e. The highest BCUT2D eigenvalue weighted by molar-refractivity contribution is 5.44. The van der Waals surface area contributed by atoms with Crippen LogP contribution in [0.15, 0.2) is 18.2 Å². The van der Waals surface area contributed by atoms with E-state index in [4.69, 9.17) is 19.9 Å². The second-order valence-corrected chi connectivity index (χ2v) is 5.19. The second kappa shape index (κ2) is 8.22. The summed E-state index contributed by atoms with van der Waals surface area (Å²) in [6, 6.07) is 6.26. The minimum atomic E-state index is 0.155. The normalized spacial score (nSPS) is 15.8. The van der Waals surface area contributed by atoms with Crippen molar-refractivity contribution in [3.05, 3.63) is 23.8 Å². The summed E-state index contributed by atoms with van der Waals surface area (Å²) in [4.78, 5) is 2.22. The molecule has 0 aliphatic carbocycles. The topological polar surface area (TPSA) is 57.0 Å². The average Bonchev–Trinajstić information content (AvgIpc) is 2.73. The summed E-state index contributed by atoms with van der Waals surface area (Å²) in [5.41, 5.74) is 7.12. The zero-order chi connectivity index (χ0) is 15.1. The highest BCUT2D eigenvalue weighted by atomic mass is 16.5. The molecule has 1 aliphatic rings. The standard InChI is InChI=1S/C16H26N2O3/c1-3-19-10-7-18(2)14(12-17)13-5-6-15-16(11-13)21-9-4-8-20-15/h5-6,11,14H,3-4,7-10,12,17H2,1-2H3. The van der Waals surface area contributed by atoms with Crippen LogP contribution in [0.5, 0.6) is 11.5 Å². The first-order chi connectivity index (χ1) is 10.3. The van der Waals surface area contributed by atoms with Crippen LogP contribution in [0.4, 0.5) is 0 Å². The molecular formula is C16H26N2O3. The average molecular weight is 294 g/mol. The van der Waals surface area contributed by atoms with Gasteiger partial charge in [-0.25, -0.2) is 0 Å². The van der Waals surface area contributed by atoms with E-state index in [0.717, 1.165) is 36.6 Å². The lowest BCUT2D eigenvalue weighted by molar-refractivity contribution is 0.108. The van der Waals surface area contributed by atoms with Crippen molar-refractivity contribution in [2.24, 2.45) is 5.73 Å². The number of hydrogen-bond donors (Lipinski definition) is 1. The number of fused-ring (bicyclic) bond motifs is 1. The van der Waals surface area contributed by atoms with Gasteiger partial charge in [0, 0.05) is 32.2 Å². The summed E-state index contributed by atoms with van der Waals surface area (Å²) in [6.45, 7) is 6.28. The van der Waals surface area contributed by atoms with Crippen LogP contribution in [-0.2, 0) is 4.74 Å². The van der Waals surface area contributed by atoms with Gasteiger partial charge in [-0.3, -0.25) is 4.90 Å². The third-order valence-corrected chi connectivity index (χ3v) is 3.70. The van der Waals surface area contributed by atoms with Crippen molar-refractivity contribution in [3.8, 4) is 11.5 Å². The molecule has 1 aliphatic heterocycles. The van der Waals surface area contributed by atoms with Crippen molar-refractivity contribution in [2.75, 3.05) is 46.6 Å². The number of nitrogens with two attached hydrogens (primary N) is 1. The monoisotopic (exact) mass is 294 g/mol. The fourth-order valence-corrected chi connectivity index (χ4v) is 2.47. The van der Waals surface area contributed by atoms with Crippen LogP contribution in [0.1, 0.15) is 24.9 Å². The van der Waals surface area contributed by atoms with Gasteiger partial charge >= 0.3 is 0 Å². The maximum absolute atomic E-state index is 5.96. The number of rotatable bonds is 7. The van der Waals surface area contributed by atoms with Crippen molar-refractivity contribution in [1.29, 1.82) is 0 Å². The summed E-state index contributed by atoms with van der Waals surface area (Å²) >= 11 is 0. The van der Waals surface area contributed by atoms with Crippen molar-refractivity contribution >= 4 is 0 Å². The summed E-state index contributed by atoms with van der Waals surface area (Å²) in [7, 11) is 2.07. The largest absolute Gasteiger partial charge is 0.490 e. The number of likely N-dealkylation sites (N-methyl/N-ethyl adjacent to an activating group) is 1. The van der Waals surface area contributed by atoms with E-state index in [0.29, 0.717) is 26.4 Å². The van der Waals surface area contributed by atoms with E-state index in [1.54, 1.807) is 0 Å². The molecule has 5 nitrogen and oxygen atoms in total. The molecule has 21 heavy (non-hydrogen) atoms. The van der Waals surface area contributed by atoms with E-state index < -0.39 is 0 Å². The van der Waals surface area contributed by atoms with E-state index >= 15 is 0 Å². The Hall–Kier alpha value is -1.30. The highest BCUT2D eigenvalue weighted by Crippen LogP contribution is 2.33. The molecule has 0 fully saturated rings. The molecule has 2 N–H and O–H groups in total. The molecule has 1 atom stereocenters. The molecule has 0 aromatic heterocycles. The van der Waals surface area contributed by atoms with Gasteiger partial charge in [-0.1, -0.05) is 6.07 Å². The van der Waals surface area contributed by atoms with Gasteiger partial charge in [0.25, 0.3) is 0 Å². The molecule has 0 saturated heterocycles. The van der Waals surface area contributed by atoms with Crippen molar-refractivity contribution in [2.45, 2.75) is 19.4 Å². The molecule has 0 spiro atoms. The van der Waals surface area contributed by atoms with E-state index in [1.807, 2.05) is 13.0 Å². The Morgan fingerprint density at radius 3 is 2.76 bits per heavy atom. The summed E-state index contributed by atoms with van der Waals surface area (Å²) < 4.78 is 16.8. The van der Waals surface area contributed by atoms with E-state index in [9.17, 15) is 0 Å². The molecule has 1 unspecified atom stereocenters. The van der Waals surface area contributed by atoms with E-state index in [2.05, 4.69) is 24.1 Å². The maximum Gasteiger partial charge on any atom is 0.161 e. The van der Waals surface area contributed by atoms with E-state index in [-0.39, 0.29) is 6.04 Å². The summed E-state index contributed by atoms with van der Waals surface area (Å²) in [5, 5.41) is 0. The lowest BCUT2D eigenvalue weighted by Gasteiger charge is -2.27. The van der Waals surface area contributed by atoms with E-state index in [1.165, 1.54) is 0 Å². The van der Waals surface area contributed by atoms with Gasteiger partial charge in [0.15, 0.2) is 11.5 Å². The summed E-state index contributed by atoms with van der Waals surface area (Å²) in [6.07, 6.45) is 0.915. The molecule has 2 rings (SSSR count). The smallest absolute Gasteiger partial charge is 0.161 e. The number of nitrogens with zero attached hydrogens (tertiary/aromatic N) is 1. The van der Waals surface area contributed by atoms with Crippen LogP contribution >= 0.6 is 0 Å². The predicted molar refractivity (Wildman–Crippen MR) is 83.0 cm³/mol. The Morgan fingerprint density at radius 2 is 2.05 bits per heavy atom. The van der Waals surface area contributed by atoms with Crippen molar-refractivity contribution < 1.29 is 14.2 Å². The van der Waals surface area contributed by atoms with Gasteiger partial charge in [0.05, 0.1) is 19.8 Å². The summed E-state index contributed by atoms with van der Waals surface area (Å²) in [5.74, 6) is 1.64. The van der Waals surface area contributed by atoms with Gasteiger partial charge in [-0.15, -0.1) is 0 Å². The number of ether oxygens (including phenoxy) is 3. The molecule has 0 amide bonds. The van der Waals surface area contributed by atoms with Gasteiger partial charge < -0.3 is 19.9 Å². The third-order valence-electron chi connectivity index (χ3n) is 3.70. The third kappa shape index (κ3) is 4.33. The Morgan fingerprint density at radius 1 is 1.29 bits per heavy atom. The van der Waals surface area contributed by atoms with Crippen LogP contribution in [0.25, 0.3) is 0 Å². The maximum atomic E-state index is 5.96. The number of benzene rings is 1. The molecule has 1 aromatic rings. The molecule has 0 saturated carbocycles. The zero-order valence-electron chi connectivity index (χ0n) is 13.0. The molecule has 118 valence electrons. The molecule has 0 radical (unpaired) electrons. The molecule has 1 aromatic carbocycles. The molecule has 1 heterocycles. The Balaban J connectivity index is 2.08. The highest BCUT2D eigenvalue weighted by Gasteiger charge is 2.18. The molecule has 0 bridgehead atoms.